The van der Waals surface area contributed by atoms with Crippen molar-refractivity contribution in [3.05, 3.63) is 65.9 Å². The van der Waals surface area contributed by atoms with Gasteiger partial charge in [0.2, 0.25) is 0 Å². The number of amides is 1. The molecule has 0 spiro atoms. The summed E-state index contributed by atoms with van der Waals surface area (Å²) in [6, 6.07) is 17.1. The van der Waals surface area contributed by atoms with E-state index in [2.05, 4.69) is 10.4 Å². The Hall–Kier alpha value is -3.08. The molecule has 0 bridgehead atoms. The van der Waals surface area contributed by atoms with Crippen LogP contribution in [0.15, 0.2) is 54.6 Å². The highest BCUT2D eigenvalue weighted by Crippen LogP contribution is 2.24. The number of hydrogen-bond acceptors (Lipinski definition) is 3. The fourth-order valence-electron chi connectivity index (χ4n) is 2.55. The number of hydrogen-bond donors (Lipinski definition) is 1. The Kier molecular flexibility index (Phi) is 4.33. The standard InChI is InChI=1S/C19H19N3O2/c1-13-6-4-8-15(10-13)20-19(23)17-12-18(22(2)21-17)14-7-5-9-16(11-14)24-3/h4-12H,1-3H3,(H,20,23). The molecule has 24 heavy (non-hydrogen) atoms. The number of methoxy groups -OCH3 is 1. The van der Waals surface area contributed by atoms with E-state index in [1.807, 2.05) is 62.5 Å². The predicted octanol–water partition coefficient (Wildman–Crippen LogP) is 3.66. The van der Waals surface area contributed by atoms with Crippen molar-refractivity contribution in [2.45, 2.75) is 6.92 Å². The number of carbonyl (C=O) groups is 1. The molecule has 3 aromatic rings. The molecule has 0 radical (unpaired) electrons. The first-order chi connectivity index (χ1) is 11.6. The summed E-state index contributed by atoms with van der Waals surface area (Å²) in [7, 11) is 3.45. The number of anilines is 1. The average Bonchev–Trinajstić information content (AvgIpc) is 2.97. The molecule has 1 aromatic heterocycles. The van der Waals surface area contributed by atoms with Crippen LogP contribution in [0.3, 0.4) is 0 Å². The molecule has 2 aromatic carbocycles. The van der Waals surface area contributed by atoms with E-state index < -0.39 is 0 Å². The van der Waals surface area contributed by atoms with Crippen LogP contribution in [0.4, 0.5) is 5.69 Å². The average molecular weight is 321 g/mol. The van der Waals surface area contributed by atoms with E-state index in [9.17, 15) is 4.79 Å². The first-order valence-electron chi connectivity index (χ1n) is 7.63. The van der Waals surface area contributed by atoms with Gasteiger partial charge >= 0.3 is 0 Å². The van der Waals surface area contributed by atoms with Crippen LogP contribution < -0.4 is 10.1 Å². The monoisotopic (exact) mass is 321 g/mol. The number of rotatable bonds is 4. The molecule has 3 rings (SSSR count). The number of benzene rings is 2. The lowest BCUT2D eigenvalue weighted by Crippen LogP contribution is -2.13. The quantitative estimate of drug-likeness (QED) is 0.798. The molecule has 0 saturated heterocycles. The molecule has 0 fully saturated rings. The molecular formula is C19H19N3O2. The predicted molar refractivity (Wildman–Crippen MR) is 94.3 cm³/mol. The maximum atomic E-state index is 12.4. The summed E-state index contributed by atoms with van der Waals surface area (Å²) in [5, 5.41) is 7.20. The van der Waals surface area contributed by atoms with Crippen LogP contribution in [-0.2, 0) is 7.05 Å². The molecule has 0 aliphatic carbocycles. The molecule has 5 heteroatoms. The molecule has 0 unspecified atom stereocenters. The van der Waals surface area contributed by atoms with E-state index >= 15 is 0 Å². The van der Waals surface area contributed by atoms with Crippen LogP contribution in [0.25, 0.3) is 11.3 Å². The highest BCUT2D eigenvalue weighted by atomic mass is 16.5. The lowest BCUT2D eigenvalue weighted by Gasteiger charge is -2.04. The third-order valence-electron chi connectivity index (χ3n) is 3.75. The fourth-order valence-corrected chi connectivity index (χ4v) is 2.55. The SMILES string of the molecule is COc1cccc(-c2cc(C(=O)Nc3cccc(C)c3)nn2C)c1. The number of aryl methyl sites for hydroxylation is 2. The van der Waals surface area contributed by atoms with Crippen LogP contribution in [0.1, 0.15) is 16.1 Å². The Morgan fingerprint density at radius 1 is 1.12 bits per heavy atom. The van der Waals surface area contributed by atoms with Gasteiger partial charge in [0, 0.05) is 18.3 Å². The van der Waals surface area contributed by atoms with E-state index in [1.54, 1.807) is 17.9 Å². The minimum atomic E-state index is -0.231. The van der Waals surface area contributed by atoms with Gasteiger partial charge in [-0.3, -0.25) is 9.48 Å². The first-order valence-corrected chi connectivity index (χ1v) is 7.63. The molecule has 122 valence electrons. The van der Waals surface area contributed by atoms with Crippen molar-refractivity contribution in [1.82, 2.24) is 9.78 Å². The van der Waals surface area contributed by atoms with Crippen LogP contribution >= 0.6 is 0 Å². The van der Waals surface area contributed by atoms with Crippen molar-refractivity contribution in [3.8, 4) is 17.0 Å². The third-order valence-corrected chi connectivity index (χ3v) is 3.75. The topological polar surface area (TPSA) is 56.1 Å². The van der Waals surface area contributed by atoms with E-state index in [-0.39, 0.29) is 5.91 Å². The van der Waals surface area contributed by atoms with Gasteiger partial charge in [0.05, 0.1) is 12.8 Å². The van der Waals surface area contributed by atoms with Crippen molar-refractivity contribution in [2.24, 2.45) is 7.05 Å². The van der Waals surface area contributed by atoms with Crippen LogP contribution in [-0.4, -0.2) is 22.8 Å². The normalized spacial score (nSPS) is 10.5. The van der Waals surface area contributed by atoms with Crippen molar-refractivity contribution in [2.75, 3.05) is 12.4 Å². The van der Waals surface area contributed by atoms with Gasteiger partial charge in [0.1, 0.15) is 5.75 Å². The fraction of sp³-hybridized carbons (Fsp3) is 0.158. The van der Waals surface area contributed by atoms with Crippen molar-refractivity contribution in [1.29, 1.82) is 0 Å². The van der Waals surface area contributed by atoms with Gasteiger partial charge in [-0.15, -0.1) is 0 Å². The van der Waals surface area contributed by atoms with Gasteiger partial charge in [0.25, 0.3) is 5.91 Å². The molecule has 0 atom stereocenters. The Morgan fingerprint density at radius 3 is 2.67 bits per heavy atom. The number of nitrogens with zero attached hydrogens (tertiary/aromatic N) is 2. The maximum absolute atomic E-state index is 12.4. The molecule has 5 nitrogen and oxygen atoms in total. The van der Waals surface area contributed by atoms with Gasteiger partial charge in [-0.1, -0.05) is 24.3 Å². The molecule has 0 aliphatic heterocycles. The lowest BCUT2D eigenvalue weighted by atomic mass is 10.1. The van der Waals surface area contributed by atoms with Crippen LogP contribution in [0.2, 0.25) is 0 Å². The van der Waals surface area contributed by atoms with Gasteiger partial charge < -0.3 is 10.1 Å². The summed E-state index contributed by atoms with van der Waals surface area (Å²) in [6.45, 7) is 1.98. The second-order valence-electron chi connectivity index (χ2n) is 5.59. The smallest absolute Gasteiger partial charge is 0.276 e. The van der Waals surface area contributed by atoms with Gasteiger partial charge in [-0.05, 0) is 42.8 Å². The van der Waals surface area contributed by atoms with E-state index in [0.29, 0.717) is 5.69 Å². The third kappa shape index (κ3) is 3.30. The van der Waals surface area contributed by atoms with Gasteiger partial charge in [-0.25, -0.2) is 0 Å². The number of carbonyl (C=O) groups excluding carboxylic acids is 1. The molecule has 1 heterocycles. The highest BCUT2D eigenvalue weighted by molar-refractivity contribution is 6.03. The molecular weight excluding hydrogens is 302 g/mol. The second-order valence-corrected chi connectivity index (χ2v) is 5.59. The maximum Gasteiger partial charge on any atom is 0.276 e. The lowest BCUT2D eigenvalue weighted by molar-refractivity contribution is 0.102. The molecule has 0 saturated carbocycles. The second kappa shape index (κ2) is 6.58. The zero-order valence-corrected chi connectivity index (χ0v) is 13.9. The summed E-state index contributed by atoms with van der Waals surface area (Å²) < 4.78 is 6.95. The zero-order valence-electron chi connectivity index (χ0n) is 13.9. The van der Waals surface area contributed by atoms with E-state index in [0.717, 1.165) is 28.3 Å². The number of ether oxygens (including phenoxy) is 1. The molecule has 1 amide bonds. The number of aromatic nitrogens is 2. The number of nitrogens with one attached hydrogen (secondary N) is 1. The Bertz CT molecular complexity index is 884. The summed E-state index contributed by atoms with van der Waals surface area (Å²) >= 11 is 0. The van der Waals surface area contributed by atoms with Gasteiger partial charge in [-0.2, -0.15) is 5.10 Å². The highest BCUT2D eigenvalue weighted by Gasteiger charge is 2.14. The minimum Gasteiger partial charge on any atom is -0.497 e. The molecule has 0 aliphatic rings. The van der Waals surface area contributed by atoms with Crippen molar-refractivity contribution < 1.29 is 9.53 Å². The van der Waals surface area contributed by atoms with E-state index in [1.165, 1.54) is 0 Å². The summed E-state index contributed by atoms with van der Waals surface area (Å²) in [6.07, 6.45) is 0. The van der Waals surface area contributed by atoms with E-state index in [4.69, 9.17) is 4.74 Å². The van der Waals surface area contributed by atoms with Crippen LogP contribution in [0, 0.1) is 6.92 Å². The largest absolute Gasteiger partial charge is 0.497 e. The summed E-state index contributed by atoms with van der Waals surface area (Å²) in [5.74, 6) is 0.532. The summed E-state index contributed by atoms with van der Waals surface area (Å²) in [4.78, 5) is 12.4. The Morgan fingerprint density at radius 2 is 1.92 bits per heavy atom. The summed E-state index contributed by atoms with van der Waals surface area (Å²) in [5.41, 5.74) is 4.01. The Labute approximate surface area is 140 Å². The zero-order chi connectivity index (χ0) is 17.1. The van der Waals surface area contributed by atoms with Crippen molar-refractivity contribution in [3.63, 3.8) is 0 Å². The van der Waals surface area contributed by atoms with Crippen molar-refractivity contribution >= 4 is 11.6 Å². The molecule has 1 N–H and O–H groups in total. The van der Waals surface area contributed by atoms with Crippen LogP contribution in [0.5, 0.6) is 5.75 Å². The Balaban J connectivity index is 1.86. The minimum absolute atomic E-state index is 0.231. The van der Waals surface area contributed by atoms with Gasteiger partial charge in [0.15, 0.2) is 5.69 Å². The first kappa shape index (κ1) is 15.8.